The molecule has 2 aromatic carbocycles. The summed E-state index contributed by atoms with van der Waals surface area (Å²) < 4.78 is 32.2. The Balaban J connectivity index is 1.88. The lowest BCUT2D eigenvalue weighted by Crippen LogP contribution is -2.40. The Hall–Kier alpha value is -2.44. The van der Waals surface area contributed by atoms with Gasteiger partial charge in [-0.15, -0.1) is 0 Å². The van der Waals surface area contributed by atoms with E-state index in [9.17, 15) is 13.2 Å². The quantitative estimate of drug-likeness (QED) is 0.842. The molecule has 27 heavy (non-hydrogen) atoms. The second-order valence-electron chi connectivity index (χ2n) is 5.81. The summed E-state index contributed by atoms with van der Waals surface area (Å²) in [7, 11) is -3.83. The summed E-state index contributed by atoms with van der Waals surface area (Å²) in [6.45, 7) is 1.09. The maximum atomic E-state index is 12.8. The van der Waals surface area contributed by atoms with Crippen LogP contribution in [0.1, 0.15) is 15.9 Å². The van der Waals surface area contributed by atoms with E-state index in [2.05, 4.69) is 5.32 Å². The van der Waals surface area contributed by atoms with Gasteiger partial charge in [0.05, 0.1) is 29.9 Å². The fourth-order valence-corrected chi connectivity index (χ4v) is 4.55. The van der Waals surface area contributed by atoms with Crippen LogP contribution in [0, 0.1) is 11.3 Å². The smallest absolute Gasteiger partial charge is 0.255 e. The van der Waals surface area contributed by atoms with Crippen molar-refractivity contribution in [2.45, 2.75) is 4.90 Å². The highest BCUT2D eigenvalue weighted by Crippen LogP contribution is 2.27. The molecule has 1 fully saturated rings. The molecule has 0 saturated carbocycles. The van der Waals surface area contributed by atoms with Crippen molar-refractivity contribution < 1.29 is 17.9 Å². The Kier molecular flexibility index (Phi) is 5.77. The number of hydrogen-bond acceptors (Lipinski definition) is 5. The van der Waals surface area contributed by atoms with Crippen molar-refractivity contribution in [3.63, 3.8) is 0 Å². The summed E-state index contributed by atoms with van der Waals surface area (Å²) in [6, 6.07) is 12.5. The van der Waals surface area contributed by atoms with E-state index in [1.165, 1.54) is 28.6 Å². The zero-order valence-corrected chi connectivity index (χ0v) is 15.8. The largest absolute Gasteiger partial charge is 0.379 e. The third-order valence-corrected chi connectivity index (χ3v) is 6.41. The number of anilines is 1. The summed E-state index contributed by atoms with van der Waals surface area (Å²) in [6.07, 6.45) is 0. The fraction of sp³-hybridized carbons (Fsp3) is 0.222. The highest BCUT2D eigenvalue weighted by molar-refractivity contribution is 7.89. The van der Waals surface area contributed by atoms with Crippen molar-refractivity contribution in [1.82, 2.24) is 4.31 Å². The van der Waals surface area contributed by atoms with Crippen LogP contribution in [0.4, 0.5) is 5.69 Å². The predicted molar refractivity (Wildman–Crippen MR) is 100 cm³/mol. The van der Waals surface area contributed by atoms with Gasteiger partial charge in [-0.05, 0) is 36.4 Å². The summed E-state index contributed by atoms with van der Waals surface area (Å²) >= 11 is 6.10. The molecule has 0 spiro atoms. The summed E-state index contributed by atoms with van der Waals surface area (Å²) in [5.74, 6) is -0.500. The molecule has 0 aromatic heterocycles. The van der Waals surface area contributed by atoms with Gasteiger partial charge in [0.1, 0.15) is 4.90 Å². The number of hydrogen-bond donors (Lipinski definition) is 1. The normalized spacial score (nSPS) is 15.1. The van der Waals surface area contributed by atoms with Crippen molar-refractivity contribution in [3.05, 3.63) is 58.6 Å². The molecule has 1 aliphatic rings. The number of rotatable bonds is 4. The van der Waals surface area contributed by atoms with Gasteiger partial charge in [-0.3, -0.25) is 4.79 Å². The minimum Gasteiger partial charge on any atom is -0.379 e. The Morgan fingerprint density at radius 3 is 2.63 bits per heavy atom. The number of amides is 1. The SMILES string of the molecule is N#Cc1cccc(NC(=O)c2ccc(Cl)c(S(=O)(=O)N3CCOCC3)c2)c1. The molecule has 0 unspecified atom stereocenters. The second-order valence-corrected chi connectivity index (χ2v) is 8.12. The molecule has 0 atom stereocenters. The minimum atomic E-state index is -3.83. The topological polar surface area (TPSA) is 99.5 Å². The van der Waals surface area contributed by atoms with Crippen LogP contribution in [0.3, 0.4) is 0 Å². The van der Waals surface area contributed by atoms with Crippen LogP contribution < -0.4 is 5.32 Å². The van der Waals surface area contributed by atoms with Gasteiger partial charge in [0.15, 0.2) is 0 Å². The first-order valence-corrected chi connectivity index (χ1v) is 9.92. The van der Waals surface area contributed by atoms with Crippen LogP contribution >= 0.6 is 11.6 Å². The molecule has 2 aromatic rings. The molecule has 3 rings (SSSR count). The molecule has 0 radical (unpaired) electrons. The Morgan fingerprint density at radius 2 is 1.93 bits per heavy atom. The molecule has 1 amide bonds. The average molecular weight is 406 g/mol. The molecule has 1 N–H and O–H groups in total. The number of ether oxygens (including phenoxy) is 1. The lowest BCUT2D eigenvalue weighted by atomic mass is 10.2. The predicted octanol–water partition coefficient (Wildman–Crippen LogP) is 2.48. The van der Waals surface area contributed by atoms with E-state index < -0.39 is 15.9 Å². The number of nitrogens with one attached hydrogen (secondary N) is 1. The highest BCUT2D eigenvalue weighted by Gasteiger charge is 2.29. The number of nitriles is 1. The van der Waals surface area contributed by atoms with E-state index in [-0.39, 0.29) is 28.6 Å². The Bertz CT molecular complexity index is 1010. The van der Waals surface area contributed by atoms with Crippen LogP contribution in [0.2, 0.25) is 5.02 Å². The van der Waals surface area contributed by atoms with E-state index in [0.29, 0.717) is 24.5 Å². The average Bonchev–Trinajstić information content (AvgIpc) is 2.69. The van der Waals surface area contributed by atoms with Crippen molar-refractivity contribution in [3.8, 4) is 6.07 Å². The molecule has 7 nitrogen and oxygen atoms in total. The number of benzene rings is 2. The molecule has 1 saturated heterocycles. The van der Waals surface area contributed by atoms with Gasteiger partial charge >= 0.3 is 0 Å². The lowest BCUT2D eigenvalue weighted by Gasteiger charge is -2.26. The van der Waals surface area contributed by atoms with Crippen molar-refractivity contribution in [1.29, 1.82) is 5.26 Å². The zero-order valence-electron chi connectivity index (χ0n) is 14.2. The standard InChI is InChI=1S/C18H16ClN3O4S/c19-16-5-4-14(18(23)21-15-3-1-2-13(10-15)12-20)11-17(16)27(24,25)22-6-8-26-9-7-22/h1-5,10-11H,6-9H2,(H,21,23). The summed E-state index contributed by atoms with van der Waals surface area (Å²) in [5, 5.41) is 11.6. The molecular weight excluding hydrogens is 390 g/mol. The number of halogens is 1. The van der Waals surface area contributed by atoms with Crippen LogP contribution in [-0.2, 0) is 14.8 Å². The van der Waals surface area contributed by atoms with Crippen LogP contribution in [0.25, 0.3) is 0 Å². The number of morpholine rings is 1. The molecular formula is C18H16ClN3O4S. The molecule has 9 heteroatoms. The zero-order chi connectivity index (χ0) is 19.4. The summed E-state index contributed by atoms with van der Waals surface area (Å²) in [4.78, 5) is 12.4. The van der Waals surface area contributed by atoms with E-state index in [1.807, 2.05) is 6.07 Å². The molecule has 1 heterocycles. The van der Waals surface area contributed by atoms with Gasteiger partial charge in [-0.25, -0.2) is 8.42 Å². The van der Waals surface area contributed by atoms with Gasteiger partial charge in [0.2, 0.25) is 10.0 Å². The molecule has 0 bridgehead atoms. The monoisotopic (exact) mass is 405 g/mol. The summed E-state index contributed by atoms with van der Waals surface area (Å²) in [5.41, 5.74) is 0.986. The second kappa shape index (κ2) is 8.06. The molecule has 140 valence electrons. The van der Waals surface area contributed by atoms with Crippen LogP contribution in [0.5, 0.6) is 0 Å². The third-order valence-electron chi connectivity index (χ3n) is 4.03. The number of sulfonamides is 1. The molecule has 1 aliphatic heterocycles. The van der Waals surface area contributed by atoms with Gasteiger partial charge in [0, 0.05) is 24.3 Å². The first-order chi connectivity index (χ1) is 12.9. The van der Waals surface area contributed by atoms with Crippen molar-refractivity contribution in [2.24, 2.45) is 0 Å². The van der Waals surface area contributed by atoms with Gasteiger partial charge in [-0.2, -0.15) is 9.57 Å². The van der Waals surface area contributed by atoms with Crippen molar-refractivity contribution in [2.75, 3.05) is 31.6 Å². The van der Waals surface area contributed by atoms with Gasteiger partial charge in [-0.1, -0.05) is 17.7 Å². The van der Waals surface area contributed by atoms with Gasteiger partial charge < -0.3 is 10.1 Å². The van der Waals surface area contributed by atoms with Gasteiger partial charge in [0.25, 0.3) is 5.91 Å². The van der Waals surface area contributed by atoms with E-state index in [4.69, 9.17) is 21.6 Å². The van der Waals surface area contributed by atoms with E-state index >= 15 is 0 Å². The fourth-order valence-electron chi connectivity index (χ4n) is 2.64. The first-order valence-electron chi connectivity index (χ1n) is 8.11. The maximum Gasteiger partial charge on any atom is 0.255 e. The van der Waals surface area contributed by atoms with Crippen LogP contribution in [-0.4, -0.2) is 44.9 Å². The first kappa shape index (κ1) is 19.3. The van der Waals surface area contributed by atoms with Crippen LogP contribution in [0.15, 0.2) is 47.4 Å². The minimum absolute atomic E-state index is 0.0459. The third kappa shape index (κ3) is 4.28. The lowest BCUT2D eigenvalue weighted by molar-refractivity contribution is 0.0730. The Labute approximate surface area is 162 Å². The number of nitrogens with zero attached hydrogens (tertiary/aromatic N) is 2. The maximum absolute atomic E-state index is 12.8. The number of carbonyl (C=O) groups is 1. The van der Waals surface area contributed by atoms with E-state index in [0.717, 1.165) is 0 Å². The van der Waals surface area contributed by atoms with E-state index in [1.54, 1.807) is 18.2 Å². The highest BCUT2D eigenvalue weighted by atomic mass is 35.5. The van der Waals surface area contributed by atoms with Crippen molar-refractivity contribution >= 4 is 33.2 Å². The molecule has 0 aliphatic carbocycles. The number of carbonyl (C=O) groups excluding carboxylic acids is 1. The Morgan fingerprint density at radius 1 is 1.19 bits per heavy atom.